The molecule has 0 amide bonds. The van der Waals surface area contributed by atoms with Gasteiger partial charge in [-0.05, 0) is 40.5 Å². The highest BCUT2D eigenvalue weighted by molar-refractivity contribution is 5.87. The molecule has 0 radical (unpaired) electrons. The van der Waals surface area contributed by atoms with Crippen LogP contribution in [0.3, 0.4) is 0 Å². The molecule has 0 saturated carbocycles. The van der Waals surface area contributed by atoms with Crippen molar-refractivity contribution in [3.63, 3.8) is 0 Å². The fourth-order valence-electron chi connectivity index (χ4n) is 1.74. The number of unbranched alkanes of at least 4 members (excludes halogenated alkanes) is 1. The summed E-state index contributed by atoms with van der Waals surface area (Å²) < 4.78 is 31.6. The third-order valence-corrected chi connectivity index (χ3v) is 3.28. The lowest BCUT2D eigenvalue weighted by Crippen LogP contribution is -2.19. The summed E-state index contributed by atoms with van der Waals surface area (Å²) in [5, 5.41) is 0. The van der Waals surface area contributed by atoms with Gasteiger partial charge in [0, 0.05) is 24.4 Å². The first-order valence-corrected chi connectivity index (χ1v) is 9.35. The van der Waals surface area contributed by atoms with E-state index < -0.39 is 11.9 Å². The van der Waals surface area contributed by atoms with E-state index in [-0.39, 0.29) is 39.0 Å². The molecule has 0 spiro atoms. The fraction of sp³-hybridized carbons (Fsp3) is 0.700. The zero-order chi connectivity index (χ0) is 21.4. The number of hydrogen-bond donors (Lipinski definition) is 0. The second kappa shape index (κ2) is 16.2. The highest BCUT2D eigenvalue weighted by atomic mass is 16.7. The smallest absolute Gasteiger partial charge is 0.333 e. The molecule has 162 valence electrons. The summed E-state index contributed by atoms with van der Waals surface area (Å²) in [5.74, 6) is -0.855. The van der Waals surface area contributed by atoms with Gasteiger partial charge in [-0.3, -0.25) is 0 Å². The normalized spacial score (nSPS) is 12.9. The third kappa shape index (κ3) is 15.3. The van der Waals surface area contributed by atoms with E-state index in [2.05, 4.69) is 13.2 Å². The van der Waals surface area contributed by atoms with Crippen LogP contribution in [0.25, 0.3) is 0 Å². The second-order valence-corrected chi connectivity index (χ2v) is 6.16. The van der Waals surface area contributed by atoms with Gasteiger partial charge >= 0.3 is 11.9 Å². The van der Waals surface area contributed by atoms with E-state index in [1.807, 2.05) is 0 Å². The van der Waals surface area contributed by atoms with Crippen LogP contribution in [0.2, 0.25) is 0 Å². The maximum absolute atomic E-state index is 11.2. The molecular weight excluding hydrogens is 368 g/mol. The minimum Gasteiger partial charge on any atom is -0.460 e. The molecule has 0 bridgehead atoms. The molecule has 8 heteroatoms. The summed E-state index contributed by atoms with van der Waals surface area (Å²) in [7, 11) is 0. The minimum atomic E-state index is -0.428. The largest absolute Gasteiger partial charge is 0.460 e. The van der Waals surface area contributed by atoms with E-state index in [1.54, 1.807) is 27.7 Å². The van der Waals surface area contributed by atoms with Crippen molar-refractivity contribution in [3.05, 3.63) is 24.3 Å². The molecule has 0 aliphatic carbocycles. The van der Waals surface area contributed by atoms with Gasteiger partial charge < -0.3 is 28.4 Å². The lowest BCUT2D eigenvalue weighted by molar-refractivity contribution is -0.157. The zero-order valence-electron chi connectivity index (χ0n) is 17.5. The molecule has 0 saturated heterocycles. The van der Waals surface area contributed by atoms with E-state index in [1.165, 1.54) is 0 Å². The Balaban J connectivity index is 3.47. The van der Waals surface area contributed by atoms with Crippen LogP contribution in [-0.4, -0.2) is 64.2 Å². The minimum absolute atomic E-state index is 0.164. The number of esters is 2. The molecule has 0 heterocycles. The molecule has 2 atom stereocenters. The second-order valence-electron chi connectivity index (χ2n) is 6.16. The molecule has 0 aromatic rings. The van der Waals surface area contributed by atoms with Crippen molar-refractivity contribution in [2.24, 2.45) is 0 Å². The summed E-state index contributed by atoms with van der Waals surface area (Å²) >= 11 is 0. The van der Waals surface area contributed by atoms with Gasteiger partial charge in [-0.25, -0.2) is 9.59 Å². The first-order chi connectivity index (χ1) is 13.2. The SMILES string of the molecule is C=C(C)C(=O)OCCOC(C)OCCCCOC(C)OCCOC(=O)C(=C)C. The molecule has 0 aromatic carbocycles. The molecule has 8 nitrogen and oxygen atoms in total. The maximum atomic E-state index is 11.2. The average Bonchev–Trinajstić information content (AvgIpc) is 2.64. The van der Waals surface area contributed by atoms with Gasteiger partial charge in [-0.15, -0.1) is 0 Å². The molecule has 0 rings (SSSR count). The summed E-state index contributed by atoms with van der Waals surface area (Å²) in [6, 6.07) is 0. The van der Waals surface area contributed by atoms with Crippen molar-refractivity contribution in [2.75, 3.05) is 39.6 Å². The van der Waals surface area contributed by atoms with E-state index >= 15 is 0 Å². The summed E-state index contributed by atoms with van der Waals surface area (Å²) in [6.45, 7) is 15.7. The number of ether oxygens (including phenoxy) is 6. The topological polar surface area (TPSA) is 89.5 Å². The molecule has 2 unspecified atom stereocenters. The van der Waals surface area contributed by atoms with Crippen molar-refractivity contribution in [2.45, 2.75) is 53.1 Å². The van der Waals surface area contributed by atoms with E-state index in [0.717, 1.165) is 12.8 Å². The Kier molecular flexibility index (Phi) is 15.2. The van der Waals surface area contributed by atoms with Crippen LogP contribution in [0.1, 0.15) is 40.5 Å². The van der Waals surface area contributed by atoms with E-state index in [9.17, 15) is 9.59 Å². The fourth-order valence-corrected chi connectivity index (χ4v) is 1.74. The van der Waals surface area contributed by atoms with Crippen molar-refractivity contribution in [3.8, 4) is 0 Å². The molecule has 0 aliphatic heterocycles. The molecule has 0 N–H and O–H groups in total. The Morgan fingerprint density at radius 2 is 0.964 bits per heavy atom. The molecular formula is C20H34O8. The predicted octanol–water partition coefficient (Wildman–Crippen LogP) is 2.76. The molecule has 28 heavy (non-hydrogen) atoms. The first-order valence-electron chi connectivity index (χ1n) is 9.35. The Labute approximate surface area is 167 Å². The summed E-state index contributed by atoms with van der Waals surface area (Å²) in [4.78, 5) is 22.4. The van der Waals surface area contributed by atoms with Gasteiger partial charge in [-0.2, -0.15) is 0 Å². The predicted molar refractivity (Wildman–Crippen MR) is 104 cm³/mol. The highest BCUT2D eigenvalue weighted by Gasteiger charge is 2.07. The van der Waals surface area contributed by atoms with Crippen molar-refractivity contribution in [1.29, 1.82) is 0 Å². The van der Waals surface area contributed by atoms with Gasteiger partial charge in [0.05, 0.1) is 13.2 Å². The number of carbonyl (C=O) groups is 2. The van der Waals surface area contributed by atoms with E-state index in [4.69, 9.17) is 28.4 Å². The van der Waals surface area contributed by atoms with Gasteiger partial charge in [0.2, 0.25) is 0 Å². The van der Waals surface area contributed by atoms with Crippen LogP contribution >= 0.6 is 0 Å². The van der Waals surface area contributed by atoms with Crippen LogP contribution in [0.4, 0.5) is 0 Å². The quantitative estimate of drug-likeness (QED) is 0.159. The Hall–Kier alpha value is -1.74. The summed E-state index contributed by atoms with van der Waals surface area (Å²) in [5.41, 5.74) is 0.717. The lowest BCUT2D eigenvalue weighted by atomic mass is 10.3. The first kappa shape index (κ1) is 26.3. The van der Waals surface area contributed by atoms with Crippen molar-refractivity contribution >= 4 is 11.9 Å². The third-order valence-electron chi connectivity index (χ3n) is 3.28. The van der Waals surface area contributed by atoms with Gasteiger partial charge in [0.25, 0.3) is 0 Å². The van der Waals surface area contributed by atoms with Crippen LogP contribution in [0.15, 0.2) is 24.3 Å². The number of rotatable bonds is 17. The van der Waals surface area contributed by atoms with Crippen LogP contribution in [-0.2, 0) is 38.0 Å². The monoisotopic (exact) mass is 402 g/mol. The Morgan fingerprint density at radius 3 is 1.29 bits per heavy atom. The average molecular weight is 402 g/mol. The van der Waals surface area contributed by atoms with Gasteiger partial charge in [0.1, 0.15) is 13.2 Å². The van der Waals surface area contributed by atoms with Crippen LogP contribution in [0.5, 0.6) is 0 Å². The van der Waals surface area contributed by atoms with Crippen LogP contribution < -0.4 is 0 Å². The Morgan fingerprint density at radius 1 is 0.643 bits per heavy atom. The van der Waals surface area contributed by atoms with Gasteiger partial charge in [0.15, 0.2) is 12.6 Å². The molecule has 0 aliphatic rings. The lowest BCUT2D eigenvalue weighted by Gasteiger charge is -2.15. The summed E-state index contributed by atoms with van der Waals surface area (Å²) in [6.07, 6.45) is 0.852. The van der Waals surface area contributed by atoms with Crippen LogP contribution in [0, 0.1) is 0 Å². The van der Waals surface area contributed by atoms with Crippen molar-refractivity contribution in [1.82, 2.24) is 0 Å². The molecule has 0 fully saturated rings. The maximum Gasteiger partial charge on any atom is 0.333 e. The standard InChI is InChI=1S/C20H34O8/c1-15(2)19(21)27-13-11-25-17(5)23-9-7-8-10-24-18(6)26-12-14-28-20(22)16(3)4/h17-18H,1,3,7-14H2,2,4-6H3. The zero-order valence-corrected chi connectivity index (χ0v) is 17.5. The Bertz CT molecular complexity index is 445. The molecule has 0 aromatic heterocycles. The van der Waals surface area contributed by atoms with E-state index in [0.29, 0.717) is 24.4 Å². The number of carbonyl (C=O) groups excluding carboxylic acids is 2. The highest BCUT2D eigenvalue weighted by Crippen LogP contribution is 2.01. The number of hydrogen-bond acceptors (Lipinski definition) is 8. The van der Waals surface area contributed by atoms with Crippen molar-refractivity contribution < 1.29 is 38.0 Å². The van der Waals surface area contributed by atoms with Gasteiger partial charge in [-0.1, -0.05) is 13.2 Å².